The van der Waals surface area contributed by atoms with Crippen LogP contribution in [0.2, 0.25) is 0 Å². The summed E-state index contributed by atoms with van der Waals surface area (Å²) in [6.45, 7) is 2.79. The van der Waals surface area contributed by atoms with Crippen LogP contribution in [0.4, 0.5) is 0 Å². The zero-order valence-electron chi connectivity index (χ0n) is 8.40. The third-order valence-electron chi connectivity index (χ3n) is 2.23. The first kappa shape index (κ1) is 11.9. The molecule has 0 spiro atoms. The highest BCUT2D eigenvalue weighted by molar-refractivity contribution is 7.89. The maximum Gasteiger partial charge on any atom is 0.213 e. The van der Waals surface area contributed by atoms with Crippen molar-refractivity contribution in [3.8, 4) is 0 Å². The van der Waals surface area contributed by atoms with Crippen molar-refractivity contribution in [2.24, 2.45) is 5.73 Å². The molecule has 0 unspecified atom stereocenters. The van der Waals surface area contributed by atoms with Gasteiger partial charge in [-0.2, -0.15) is 0 Å². The van der Waals surface area contributed by atoms with Gasteiger partial charge >= 0.3 is 0 Å². The molecule has 0 amide bonds. The summed E-state index contributed by atoms with van der Waals surface area (Å²) in [5.41, 5.74) is 5.18. The summed E-state index contributed by atoms with van der Waals surface area (Å²) in [7, 11) is -3.16. The second-order valence-electron chi connectivity index (χ2n) is 3.47. The molecule has 14 heavy (non-hydrogen) atoms. The number of nitrogens with one attached hydrogen (secondary N) is 1. The summed E-state index contributed by atoms with van der Waals surface area (Å²) in [5.74, 6) is 0.00278. The van der Waals surface area contributed by atoms with Crippen molar-refractivity contribution in [3.05, 3.63) is 0 Å². The molecule has 0 aromatic rings. The van der Waals surface area contributed by atoms with Gasteiger partial charge in [0.2, 0.25) is 10.0 Å². The molecule has 1 aliphatic carbocycles. The fourth-order valence-corrected chi connectivity index (χ4v) is 2.63. The van der Waals surface area contributed by atoms with E-state index in [9.17, 15) is 8.42 Å². The Morgan fingerprint density at radius 2 is 2.14 bits per heavy atom. The first-order valence-corrected chi connectivity index (χ1v) is 6.54. The van der Waals surface area contributed by atoms with Crippen LogP contribution in [0.15, 0.2) is 0 Å². The number of ether oxygens (including phenoxy) is 1. The predicted molar refractivity (Wildman–Crippen MR) is 54.4 cm³/mol. The standard InChI is InChI=1S/C8H18N2O3S/c1-2-13-8-5-7(6-8)10-14(11,12)4-3-9/h7-8,10H,2-6,9H2,1H3. The second kappa shape index (κ2) is 5.06. The van der Waals surface area contributed by atoms with Gasteiger partial charge in [-0.3, -0.25) is 0 Å². The van der Waals surface area contributed by atoms with E-state index in [4.69, 9.17) is 10.5 Å². The molecule has 3 N–H and O–H groups in total. The van der Waals surface area contributed by atoms with Gasteiger partial charge in [-0.1, -0.05) is 0 Å². The lowest BCUT2D eigenvalue weighted by atomic mass is 9.90. The maximum atomic E-state index is 11.3. The number of hydrogen-bond donors (Lipinski definition) is 2. The molecule has 5 nitrogen and oxygen atoms in total. The molecular weight excluding hydrogens is 204 g/mol. The van der Waals surface area contributed by atoms with Gasteiger partial charge in [0, 0.05) is 19.2 Å². The first-order chi connectivity index (χ1) is 6.57. The van der Waals surface area contributed by atoms with Gasteiger partial charge in [0.25, 0.3) is 0 Å². The van der Waals surface area contributed by atoms with Gasteiger partial charge in [0.05, 0.1) is 11.9 Å². The van der Waals surface area contributed by atoms with E-state index in [1.807, 2.05) is 6.92 Å². The molecule has 1 fully saturated rings. The topological polar surface area (TPSA) is 81.4 Å². The number of hydrogen-bond acceptors (Lipinski definition) is 4. The van der Waals surface area contributed by atoms with E-state index >= 15 is 0 Å². The van der Waals surface area contributed by atoms with Crippen molar-refractivity contribution in [1.29, 1.82) is 0 Å². The van der Waals surface area contributed by atoms with Crippen LogP contribution >= 0.6 is 0 Å². The number of sulfonamides is 1. The molecule has 0 radical (unpaired) electrons. The van der Waals surface area contributed by atoms with Crippen molar-refractivity contribution >= 4 is 10.0 Å². The summed E-state index contributed by atoms with van der Waals surface area (Å²) in [6, 6.07) is 0.0445. The maximum absolute atomic E-state index is 11.3. The summed E-state index contributed by atoms with van der Waals surface area (Å²) < 4.78 is 30.4. The lowest BCUT2D eigenvalue weighted by Gasteiger charge is -2.34. The Labute approximate surface area is 85.1 Å². The van der Waals surface area contributed by atoms with Gasteiger partial charge in [-0.15, -0.1) is 0 Å². The minimum absolute atomic E-state index is 0.00278. The van der Waals surface area contributed by atoms with E-state index in [2.05, 4.69) is 4.72 Å². The SMILES string of the molecule is CCOC1CC(NS(=O)(=O)CCN)C1. The zero-order chi connectivity index (χ0) is 10.6. The molecule has 0 aromatic carbocycles. The smallest absolute Gasteiger partial charge is 0.213 e. The van der Waals surface area contributed by atoms with Crippen LogP contribution in [-0.4, -0.2) is 39.5 Å². The first-order valence-electron chi connectivity index (χ1n) is 4.89. The quantitative estimate of drug-likeness (QED) is 0.630. The van der Waals surface area contributed by atoms with Gasteiger partial charge in [0.15, 0.2) is 0 Å². The van der Waals surface area contributed by atoms with Gasteiger partial charge in [-0.25, -0.2) is 13.1 Å². The fraction of sp³-hybridized carbons (Fsp3) is 1.00. The molecule has 0 heterocycles. The van der Waals surface area contributed by atoms with Gasteiger partial charge in [0.1, 0.15) is 0 Å². The molecule has 6 heteroatoms. The van der Waals surface area contributed by atoms with E-state index in [0.717, 1.165) is 12.8 Å². The van der Waals surface area contributed by atoms with Crippen molar-refractivity contribution < 1.29 is 13.2 Å². The Kier molecular flexibility index (Phi) is 4.31. The number of nitrogens with two attached hydrogens (primary N) is 1. The highest BCUT2D eigenvalue weighted by Crippen LogP contribution is 2.23. The average Bonchev–Trinajstić information content (AvgIpc) is 2.00. The van der Waals surface area contributed by atoms with Crippen LogP contribution in [-0.2, 0) is 14.8 Å². The summed E-state index contributed by atoms with van der Waals surface area (Å²) in [5, 5.41) is 0. The van der Waals surface area contributed by atoms with Crippen molar-refractivity contribution in [2.45, 2.75) is 31.9 Å². The molecule has 0 bridgehead atoms. The van der Waals surface area contributed by atoms with Crippen LogP contribution in [0.3, 0.4) is 0 Å². The van der Waals surface area contributed by atoms with Gasteiger partial charge in [-0.05, 0) is 19.8 Å². The van der Waals surface area contributed by atoms with Crippen LogP contribution in [0.25, 0.3) is 0 Å². The minimum Gasteiger partial charge on any atom is -0.378 e. The Balaban J connectivity index is 2.22. The summed E-state index contributed by atoms with van der Waals surface area (Å²) in [6.07, 6.45) is 1.78. The third-order valence-corrected chi connectivity index (χ3v) is 3.70. The van der Waals surface area contributed by atoms with Crippen LogP contribution in [0, 0.1) is 0 Å². The molecule has 1 aliphatic rings. The molecule has 0 aromatic heterocycles. The molecule has 1 rings (SSSR count). The average molecular weight is 222 g/mol. The molecule has 84 valence electrons. The zero-order valence-corrected chi connectivity index (χ0v) is 9.22. The molecule has 0 atom stereocenters. The summed E-state index contributed by atoms with van der Waals surface area (Å²) >= 11 is 0. The van der Waals surface area contributed by atoms with Crippen molar-refractivity contribution in [3.63, 3.8) is 0 Å². The molecule has 0 saturated heterocycles. The van der Waals surface area contributed by atoms with E-state index < -0.39 is 10.0 Å². The lowest BCUT2D eigenvalue weighted by molar-refractivity contribution is -0.00475. The van der Waals surface area contributed by atoms with Crippen LogP contribution in [0.5, 0.6) is 0 Å². The lowest BCUT2D eigenvalue weighted by Crippen LogP contribution is -2.48. The Morgan fingerprint density at radius 3 is 2.64 bits per heavy atom. The Morgan fingerprint density at radius 1 is 1.50 bits per heavy atom. The fourth-order valence-electron chi connectivity index (χ4n) is 1.50. The normalized spacial score (nSPS) is 27.3. The highest BCUT2D eigenvalue weighted by atomic mass is 32.2. The van der Waals surface area contributed by atoms with Crippen molar-refractivity contribution in [2.75, 3.05) is 18.9 Å². The Hall–Kier alpha value is -0.170. The van der Waals surface area contributed by atoms with Crippen LogP contribution < -0.4 is 10.5 Å². The Bertz CT molecular complexity index is 260. The van der Waals surface area contributed by atoms with E-state index in [1.165, 1.54) is 0 Å². The highest BCUT2D eigenvalue weighted by Gasteiger charge is 2.32. The minimum atomic E-state index is -3.16. The second-order valence-corrected chi connectivity index (χ2v) is 5.34. The molecular formula is C8H18N2O3S. The van der Waals surface area contributed by atoms with Crippen molar-refractivity contribution in [1.82, 2.24) is 4.72 Å². The van der Waals surface area contributed by atoms with E-state index in [1.54, 1.807) is 0 Å². The molecule has 1 saturated carbocycles. The van der Waals surface area contributed by atoms with Crippen LogP contribution in [0.1, 0.15) is 19.8 Å². The largest absolute Gasteiger partial charge is 0.378 e. The molecule has 0 aliphatic heterocycles. The van der Waals surface area contributed by atoms with Gasteiger partial charge < -0.3 is 10.5 Å². The monoisotopic (exact) mass is 222 g/mol. The summed E-state index contributed by atoms with van der Waals surface area (Å²) in [4.78, 5) is 0. The predicted octanol–water partition coefficient (Wildman–Crippen LogP) is -0.568. The number of rotatable bonds is 6. The van der Waals surface area contributed by atoms with E-state index in [-0.39, 0.29) is 24.4 Å². The third kappa shape index (κ3) is 3.53. The van der Waals surface area contributed by atoms with E-state index in [0.29, 0.717) is 6.61 Å².